The zero-order valence-electron chi connectivity index (χ0n) is 9.90. The maximum absolute atomic E-state index is 12.1. The third-order valence-corrected chi connectivity index (χ3v) is 4.63. The van der Waals surface area contributed by atoms with Gasteiger partial charge in [-0.2, -0.15) is 0 Å². The Morgan fingerprint density at radius 3 is 3.18 bits per heavy atom. The van der Waals surface area contributed by atoms with Crippen LogP contribution in [0.4, 0.5) is 0 Å². The first-order valence-corrected chi connectivity index (χ1v) is 8.16. The predicted molar refractivity (Wildman–Crippen MR) is 75.7 cm³/mol. The van der Waals surface area contributed by atoms with Crippen molar-refractivity contribution in [1.29, 1.82) is 0 Å². The number of halogens is 1. The van der Waals surface area contributed by atoms with Crippen LogP contribution in [0.5, 0.6) is 0 Å². The molecule has 94 valence electrons. The number of likely N-dealkylation sites (tertiary alicyclic amines) is 1. The molecule has 1 aromatic heterocycles. The molecule has 4 heteroatoms. The lowest BCUT2D eigenvalue weighted by Crippen LogP contribution is -2.40. The van der Waals surface area contributed by atoms with E-state index < -0.39 is 0 Å². The molecule has 0 N–H and O–H groups in total. The maximum atomic E-state index is 12.1. The summed E-state index contributed by atoms with van der Waals surface area (Å²) >= 11 is 5.16. The highest BCUT2D eigenvalue weighted by molar-refractivity contribution is 9.09. The summed E-state index contributed by atoms with van der Waals surface area (Å²) in [4.78, 5) is 15.4. The van der Waals surface area contributed by atoms with Gasteiger partial charge in [0, 0.05) is 23.3 Å². The monoisotopic (exact) mass is 315 g/mol. The van der Waals surface area contributed by atoms with Crippen molar-refractivity contribution in [3.05, 3.63) is 22.4 Å². The second-order valence-electron chi connectivity index (χ2n) is 4.58. The molecule has 1 saturated heterocycles. The Labute approximate surface area is 115 Å². The fraction of sp³-hybridized carbons (Fsp3) is 0.615. The molecule has 1 aromatic rings. The van der Waals surface area contributed by atoms with Crippen LogP contribution in [0.1, 0.15) is 24.1 Å². The van der Waals surface area contributed by atoms with Gasteiger partial charge in [-0.05, 0) is 36.6 Å². The highest BCUT2D eigenvalue weighted by Crippen LogP contribution is 2.21. The number of alkyl halides is 1. The minimum atomic E-state index is 0.298. The Hall–Kier alpha value is -0.350. The maximum Gasteiger partial charge on any atom is 0.227 e. The first-order chi connectivity index (χ1) is 8.29. The first-order valence-electron chi connectivity index (χ1n) is 6.15. The summed E-state index contributed by atoms with van der Waals surface area (Å²) in [6.07, 6.45) is 4.20. The molecule has 0 bridgehead atoms. The van der Waals surface area contributed by atoms with E-state index in [1.54, 1.807) is 11.3 Å². The molecule has 2 rings (SSSR count). The molecule has 0 radical (unpaired) electrons. The summed E-state index contributed by atoms with van der Waals surface area (Å²) in [5.74, 6) is 0.988. The number of carbonyl (C=O) groups excluding carboxylic acids is 1. The summed E-state index contributed by atoms with van der Waals surface area (Å²) < 4.78 is 0. The van der Waals surface area contributed by atoms with Crippen molar-refractivity contribution in [1.82, 2.24) is 4.90 Å². The van der Waals surface area contributed by atoms with Gasteiger partial charge in [0.25, 0.3) is 0 Å². The van der Waals surface area contributed by atoms with Crippen LogP contribution >= 0.6 is 27.3 Å². The first kappa shape index (κ1) is 13.1. The van der Waals surface area contributed by atoms with E-state index in [1.165, 1.54) is 17.7 Å². The molecule has 17 heavy (non-hydrogen) atoms. The summed E-state index contributed by atoms with van der Waals surface area (Å²) in [7, 11) is 0. The number of hydrogen-bond donors (Lipinski definition) is 0. The molecule has 2 nitrogen and oxygen atoms in total. The lowest BCUT2D eigenvalue weighted by atomic mass is 9.95. The van der Waals surface area contributed by atoms with Gasteiger partial charge in [0.05, 0.1) is 6.42 Å². The molecule has 1 atom stereocenters. The van der Waals surface area contributed by atoms with E-state index in [9.17, 15) is 4.79 Å². The molecule has 0 aliphatic carbocycles. The van der Waals surface area contributed by atoms with Crippen molar-refractivity contribution in [3.63, 3.8) is 0 Å². The van der Waals surface area contributed by atoms with Crippen molar-refractivity contribution in [2.24, 2.45) is 5.92 Å². The van der Waals surface area contributed by atoms with E-state index in [1.807, 2.05) is 17.5 Å². The van der Waals surface area contributed by atoms with Crippen LogP contribution in [0.2, 0.25) is 0 Å². The van der Waals surface area contributed by atoms with Gasteiger partial charge >= 0.3 is 0 Å². The van der Waals surface area contributed by atoms with Gasteiger partial charge in [0.1, 0.15) is 0 Å². The normalized spacial score (nSPS) is 20.5. The lowest BCUT2D eigenvalue weighted by molar-refractivity contribution is -0.132. The van der Waals surface area contributed by atoms with Gasteiger partial charge < -0.3 is 4.90 Å². The Bertz CT molecular complexity index is 350. The zero-order valence-corrected chi connectivity index (χ0v) is 12.3. The van der Waals surface area contributed by atoms with E-state index >= 15 is 0 Å². The van der Waals surface area contributed by atoms with Crippen molar-refractivity contribution >= 4 is 33.2 Å². The summed E-state index contributed by atoms with van der Waals surface area (Å²) in [6.45, 7) is 1.90. The van der Waals surface area contributed by atoms with Crippen LogP contribution in [0, 0.1) is 5.92 Å². The quantitative estimate of drug-likeness (QED) is 0.781. The van der Waals surface area contributed by atoms with E-state index in [-0.39, 0.29) is 0 Å². The number of piperidine rings is 1. The molecule has 1 aliphatic rings. The molecule has 0 spiro atoms. The average Bonchev–Trinajstić information content (AvgIpc) is 2.83. The van der Waals surface area contributed by atoms with Gasteiger partial charge in [0.2, 0.25) is 5.91 Å². The van der Waals surface area contributed by atoms with E-state index in [0.717, 1.165) is 24.8 Å². The van der Waals surface area contributed by atoms with Crippen LogP contribution in [0.3, 0.4) is 0 Å². The highest BCUT2D eigenvalue weighted by atomic mass is 79.9. The molecule has 0 aromatic carbocycles. The third kappa shape index (κ3) is 3.81. The van der Waals surface area contributed by atoms with Crippen LogP contribution in [0.25, 0.3) is 0 Å². The van der Waals surface area contributed by atoms with Crippen molar-refractivity contribution < 1.29 is 4.79 Å². The van der Waals surface area contributed by atoms with Crippen molar-refractivity contribution in [3.8, 4) is 0 Å². The molecule has 1 amide bonds. The van der Waals surface area contributed by atoms with E-state index in [4.69, 9.17) is 0 Å². The Balaban J connectivity index is 1.86. The highest BCUT2D eigenvalue weighted by Gasteiger charge is 2.23. The van der Waals surface area contributed by atoms with Gasteiger partial charge in [-0.3, -0.25) is 4.79 Å². The zero-order chi connectivity index (χ0) is 12.1. The van der Waals surface area contributed by atoms with Gasteiger partial charge in [0.15, 0.2) is 0 Å². The minimum Gasteiger partial charge on any atom is -0.342 e. The van der Waals surface area contributed by atoms with Crippen LogP contribution in [0.15, 0.2) is 17.5 Å². The predicted octanol–water partition coefficient (Wildman–Crippen LogP) is 3.31. The molecule has 1 aliphatic heterocycles. The number of thiophene rings is 1. The largest absolute Gasteiger partial charge is 0.342 e. The third-order valence-electron chi connectivity index (χ3n) is 3.29. The molecular weight excluding hydrogens is 298 g/mol. The molecular formula is C13H18BrNOS. The number of carbonyl (C=O) groups is 1. The van der Waals surface area contributed by atoms with Crippen LogP contribution < -0.4 is 0 Å². The standard InChI is InChI=1S/C13H18BrNOS/c14-6-5-11-3-1-7-15(10-11)13(16)9-12-4-2-8-17-12/h2,4,8,11H,1,3,5-7,9-10H2. The molecule has 0 saturated carbocycles. The second kappa shape index (κ2) is 6.55. The van der Waals surface area contributed by atoms with Crippen molar-refractivity contribution in [2.45, 2.75) is 25.7 Å². The van der Waals surface area contributed by atoms with Gasteiger partial charge in [-0.25, -0.2) is 0 Å². The Kier molecular flexibility index (Phi) is 5.04. The number of amides is 1. The SMILES string of the molecule is O=C(Cc1cccs1)N1CCCC(CCBr)C1. The summed E-state index contributed by atoms with van der Waals surface area (Å²) in [5.41, 5.74) is 0. The average molecular weight is 316 g/mol. The summed E-state index contributed by atoms with van der Waals surface area (Å²) in [5, 5.41) is 3.08. The minimum absolute atomic E-state index is 0.298. The van der Waals surface area contributed by atoms with E-state index in [0.29, 0.717) is 18.2 Å². The lowest BCUT2D eigenvalue weighted by Gasteiger charge is -2.32. The number of rotatable bonds is 4. The van der Waals surface area contributed by atoms with Gasteiger partial charge in [-0.15, -0.1) is 11.3 Å². The van der Waals surface area contributed by atoms with Crippen molar-refractivity contribution in [2.75, 3.05) is 18.4 Å². The number of nitrogens with zero attached hydrogens (tertiary/aromatic N) is 1. The van der Waals surface area contributed by atoms with E-state index in [2.05, 4.69) is 20.8 Å². The fourth-order valence-corrected chi connectivity index (χ4v) is 3.70. The van der Waals surface area contributed by atoms with Gasteiger partial charge in [-0.1, -0.05) is 22.0 Å². The molecule has 1 fully saturated rings. The smallest absolute Gasteiger partial charge is 0.227 e. The Morgan fingerprint density at radius 2 is 2.47 bits per heavy atom. The van der Waals surface area contributed by atoms with Crippen LogP contribution in [-0.2, 0) is 11.2 Å². The topological polar surface area (TPSA) is 20.3 Å². The summed E-state index contributed by atoms with van der Waals surface area (Å²) in [6, 6.07) is 4.06. The second-order valence-corrected chi connectivity index (χ2v) is 6.41. The molecule has 1 unspecified atom stereocenters. The number of hydrogen-bond acceptors (Lipinski definition) is 2. The molecule has 2 heterocycles. The van der Waals surface area contributed by atoms with Crippen LogP contribution in [-0.4, -0.2) is 29.2 Å². The fourth-order valence-electron chi connectivity index (χ4n) is 2.36. The Morgan fingerprint density at radius 1 is 1.59 bits per heavy atom.